The van der Waals surface area contributed by atoms with Gasteiger partial charge in [-0.05, 0) is 26.0 Å². The molecule has 1 aromatic heterocycles. The summed E-state index contributed by atoms with van der Waals surface area (Å²) in [6.45, 7) is 2.92. The molecular formula is C15H15F3N4O3. The van der Waals surface area contributed by atoms with Crippen molar-refractivity contribution in [3.05, 3.63) is 41.7 Å². The number of carbonyl (C=O) groups is 2. The topological polar surface area (TPSA) is 97.1 Å². The van der Waals surface area contributed by atoms with Gasteiger partial charge < -0.3 is 10.4 Å². The number of amides is 1. The molecule has 0 bridgehead atoms. The van der Waals surface area contributed by atoms with E-state index in [0.717, 1.165) is 16.9 Å². The Morgan fingerprint density at radius 1 is 1.24 bits per heavy atom. The molecule has 1 heterocycles. The third kappa shape index (κ3) is 4.14. The zero-order valence-corrected chi connectivity index (χ0v) is 13.3. The summed E-state index contributed by atoms with van der Waals surface area (Å²) in [6, 6.07) is 4.05. The van der Waals surface area contributed by atoms with E-state index in [9.17, 15) is 22.8 Å². The third-order valence-electron chi connectivity index (χ3n) is 3.68. The van der Waals surface area contributed by atoms with Crippen molar-refractivity contribution in [3.63, 3.8) is 0 Å². The molecule has 25 heavy (non-hydrogen) atoms. The minimum absolute atomic E-state index is 0.221. The fourth-order valence-corrected chi connectivity index (χ4v) is 2.02. The molecule has 2 N–H and O–H groups in total. The first kappa shape index (κ1) is 18.4. The number of hydrogen-bond acceptors (Lipinski definition) is 4. The summed E-state index contributed by atoms with van der Waals surface area (Å²) >= 11 is 0. The molecule has 2 atom stereocenters. The number of rotatable bonds is 5. The molecule has 0 saturated heterocycles. The van der Waals surface area contributed by atoms with Gasteiger partial charge in [-0.2, -0.15) is 13.2 Å². The highest BCUT2D eigenvalue weighted by Crippen LogP contribution is 2.33. The molecule has 7 nitrogen and oxygen atoms in total. The second-order valence-corrected chi connectivity index (χ2v) is 5.45. The van der Waals surface area contributed by atoms with Crippen LogP contribution in [-0.4, -0.2) is 38.0 Å². The first-order chi connectivity index (χ1) is 11.6. The van der Waals surface area contributed by atoms with Gasteiger partial charge in [-0.3, -0.25) is 9.59 Å². The Hall–Kier alpha value is -2.91. The highest BCUT2D eigenvalue weighted by Gasteiger charge is 2.34. The van der Waals surface area contributed by atoms with Gasteiger partial charge in [0.15, 0.2) is 5.69 Å². The van der Waals surface area contributed by atoms with Crippen LogP contribution in [0, 0.1) is 5.92 Å². The van der Waals surface area contributed by atoms with E-state index in [1.54, 1.807) is 0 Å². The van der Waals surface area contributed by atoms with Crippen LogP contribution in [0.15, 0.2) is 30.5 Å². The molecule has 0 aliphatic heterocycles. The van der Waals surface area contributed by atoms with Crippen LogP contribution < -0.4 is 5.32 Å². The number of benzene rings is 1. The largest absolute Gasteiger partial charge is 0.481 e. The molecule has 0 aliphatic carbocycles. The number of carboxylic acid groups (broad SMARTS) is 1. The Kier molecular flexibility index (Phi) is 5.10. The quantitative estimate of drug-likeness (QED) is 0.855. The summed E-state index contributed by atoms with van der Waals surface area (Å²) in [4.78, 5) is 23.0. The average Bonchev–Trinajstić information content (AvgIpc) is 3.03. The number of nitrogens with zero attached hydrogens (tertiary/aromatic N) is 3. The maximum absolute atomic E-state index is 13.0. The summed E-state index contributed by atoms with van der Waals surface area (Å²) in [5, 5.41) is 18.5. The van der Waals surface area contributed by atoms with Gasteiger partial charge in [0.2, 0.25) is 0 Å². The number of aromatic nitrogens is 3. The van der Waals surface area contributed by atoms with Gasteiger partial charge in [0.05, 0.1) is 23.4 Å². The molecule has 0 fully saturated rings. The van der Waals surface area contributed by atoms with Crippen LogP contribution in [-0.2, 0) is 11.0 Å². The summed E-state index contributed by atoms with van der Waals surface area (Å²) < 4.78 is 40.0. The number of carboxylic acids is 1. The predicted octanol–water partition coefficient (Wildman–Crippen LogP) is 2.13. The van der Waals surface area contributed by atoms with Crippen LogP contribution >= 0.6 is 0 Å². The van der Waals surface area contributed by atoms with E-state index in [1.807, 2.05) is 0 Å². The van der Waals surface area contributed by atoms with Crippen molar-refractivity contribution < 1.29 is 27.9 Å². The summed E-state index contributed by atoms with van der Waals surface area (Å²) in [7, 11) is 0. The van der Waals surface area contributed by atoms with Gasteiger partial charge in [0.1, 0.15) is 0 Å². The van der Waals surface area contributed by atoms with E-state index in [-0.39, 0.29) is 11.4 Å². The molecule has 134 valence electrons. The van der Waals surface area contributed by atoms with Crippen molar-refractivity contribution in [1.82, 2.24) is 20.3 Å². The summed E-state index contributed by atoms with van der Waals surface area (Å²) in [5.41, 5.74) is -1.41. The lowest BCUT2D eigenvalue weighted by atomic mass is 10.0. The van der Waals surface area contributed by atoms with Gasteiger partial charge >= 0.3 is 12.1 Å². The lowest BCUT2D eigenvalue weighted by molar-refractivity contribution is -0.142. The minimum Gasteiger partial charge on any atom is -0.481 e. The van der Waals surface area contributed by atoms with Crippen LogP contribution in [0.3, 0.4) is 0 Å². The molecule has 2 aromatic rings. The second-order valence-electron chi connectivity index (χ2n) is 5.45. The minimum atomic E-state index is -4.59. The van der Waals surface area contributed by atoms with Gasteiger partial charge in [0, 0.05) is 6.04 Å². The Morgan fingerprint density at radius 2 is 1.88 bits per heavy atom. The number of halogens is 3. The van der Waals surface area contributed by atoms with E-state index in [4.69, 9.17) is 5.11 Å². The SMILES string of the molecule is CC(NC(=O)c1cn(-c2ccccc2C(F)(F)F)nn1)C(C)C(=O)O. The lowest BCUT2D eigenvalue weighted by Crippen LogP contribution is -2.40. The zero-order valence-electron chi connectivity index (χ0n) is 13.3. The first-order valence-corrected chi connectivity index (χ1v) is 7.24. The summed E-state index contributed by atoms with van der Waals surface area (Å²) in [5.74, 6) is -2.66. The summed E-state index contributed by atoms with van der Waals surface area (Å²) in [6.07, 6.45) is -3.53. The van der Waals surface area contributed by atoms with Gasteiger partial charge in [-0.15, -0.1) is 5.10 Å². The molecule has 0 radical (unpaired) electrons. The lowest BCUT2D eigenvalue weighted by Gasteiger charge is -2.16. The van der Waals surface area contributed by atoms with Crippen molar-refractivity contribution in [3.8, 4) is 5.69 Å². The van der Waals surface area contributed by atoms with Crippen molar-refractivity contribution in [1.29, 1.82) is 0 Å². The molecule has 0 aliphatic rings. The number of nitrogens with one attached hydrogen (secondary N) is 1. The molecule has 1 aromatic carbocycles. The Labute approximate surface area is 140 Å². The standard InChI is InChI=1S/C15H15F3N4O3/c1-8(14(24)25)9(2)19-13(23)11-7-22(21-20-11)12-6-4-3-5-10(12)15(16,17)18/h3-9H,1-2H3,(H,19,23)(H,24,25). The van der Waals surface area contributed by atoms with Crippen molar-refractivity contribution in [2.45, 2.75) is 26.1 Å². The maximum atomic E-state index is 13.0. The van der Waals surface area contributed by atoms with Crippen molar-refractivity contribution in [2.75, 3.05) is 0 Å². The Bertz CT molecular complexity index is 788. The van der Waals surface area contributed by atoms with E-state index in [2.05, 4.69) is 15.6 Å². The normalized spacial score (nSPS) is 14.0. The number of para-hydroxylation sites is 1. The fourth-order valence-electron chi connectivity index (χ4n) is 2.02. The third-order valence-corrected chi connectivity index (χ3v) is 3.68. The highest BCUT2D eigenvalue weighted by molar-refractivity contribution is 5.92. The molecule has 1 amide bonds. The van der Waals surface area contributed by atoms with Crippen LogP contribution in [0.25, 0.3) is 5.69 Å². The zero-order chi connectivity index (χ0) is 18.8. The van der Waals surface area contributed by atoms with E-state index < -0.39 is 35.6 Å². The highest BCUT2D eigenvalue weighted by atomic mass is 19.4. The smallest absolute Gasteiger partial charge is 0.418 e. The van der Waals surface area contributed by atoms with Crippen LogP contribution in [0.2, 0.25) is 0 Å². The van der Waals surface area contributed by atoms with Crippen LogP contribution in [0.4, 0.5) is 13.2 Å². The molecule has 2 rings (SSSR count). The van der Waals surface area contributed by atoms with Crippen molar-refractivity contribution in [2.24, 2.45) is 5.92 Å². The van der Waals surface area contributed by atoms with Crippen LogP contribution in [0.1, 0.15) is 29.9 Å². The monoisotopic (exact) mass is 356 g/mol. The second kappa shape index (κ2) is 6.91. The van der Waals surface area contributed by atoms with E-state index in [1.165, 1.54) is 32.0 Å². The van der Waals surface area contributed by atoms with Gasteiger partial charge in [-0.1, -0.05) is 17.3 Å². The van der Waals surface area contributed by atoms with Crippen molar-refractivity contribution >= 4 is 11.9 Å². The molecule has 2 unspecified atom stereocenters. The fraction of sp³-hybridized carbons (Fsp3) is 0.333. The van der Waals surface area contributed by atoms with Crippen LogP contribution in [0.5, 0.6) is 0 Å². The molecule has 0 saturated carbocycles. The predicted molar refractivity (Wildman–Crippen MR) is 80.1 cm³/mol. The Balaban J connectivity index is 2.24. The van der Waals surface area contributed by atoms with Gasteiger partial charge in [0.25, 0.3) is 5.91 Å². The molecule has 10 heteroatoms. The number of carbonyl (C=O) groups excluding carboxylic acids is 1. The maximum Gasteiger partial charge on any atom is 0.418 e. The van der Waals surface area contributed by atoms with E-state index in [0.29, 0.717) is 0 Å². The molecular weight excluding hydrogens is 341 g/mol. The number of alkyl halides is 3. The Morgan fingerprint density at radius 3 is 2.48 bits per heavy atom. The number of hydrogen-bond donors (Lipinski definition) is 2. The van der Waals surface area contributed by atoms with E-state index >= 15 is 0 Å². The number of aliphatic carboxylic acids is 1. The molecule has 0 spiro atoms. The average molecular weight is 356 g/mol. The van der Waals surface area contributed by atoms with Gasteiger partial charge in [-0.25, -0.2) is 4.68 Å². The first-order valence-electron chi connectivity index (χ1n) is 7.24.